The summed E-state index contributed by atoms with van der Waals surface area (Å²) in [5.41, 5.74) is -1.95. The van der Waals surface area contributed by atoms with Gasteiger partial charge in [0.25, 0.3) is 11.8 Å². The molecule has 0 fully saturated rings. The number of benzene rings is 1. The number of rotatable bonds is 6. The number of hydrogen-bond acceptors (Lipinski definition) is 8. The monoisotopic (exact) mass is 393 g/mol. The third-order valence-electron chi connectivity index (χ3n) is 3.58. The first-order valence-electron chi connectivity index (χ1n) is 7.80. The van der Waals surface area contributed by atoms with Gasteiger partial charge in [-0.05, 0) is 38.1 Å². The van der Waals surface area contributed by atoms with Gasteiger partial charge in [0.15, 0.2) is 21.3 Å². The molecule has 1 atom stereocenters. The van der Waals surface area contributed by atoms with Crippen molar-refractivity contribution in [2.45, 2.75) is 24.3 Å². The average Bonchev–Trinajstić information content (AvgIpc) is 2.62. The van der Waals surface area contributed by atoms with Gasteiger partial charge in [-0.15, -0.1) is 10.2 Å². The van der Waals surface area contributed by atoms with E-state index in [2.05, 4.69) is 25.8 Å². The van der Waals surface area contributed by atoms with E-state index >= 15 is 0 Å². The average molecular weight is 393 g/mol. The molecule has 10 nitrogen and oxygen atoms in total. The van der Waals surface area contributed by atoms with E-state index in [1.54, 1.807) is 6.92 Å². The fourth-order valence-electron chi connectivity index (χ4n) is 2.12. The third kappa shape index (κ3) is 5.05. The molecule has 0 spiro atoms. The summed E-state index contributed by atoms with van der Waals surface area (Å²) in [6.07, 6.45) is 1.24. The quantitative estimate of drug-likeness (QED) is 0.605. The van der Waals surface area contributed by atoms with Crippen LogP contribution in [0.3, 0.4) is 0 Å². The lowest BCUT2D eigenvalue weighted by Crippen LogP contribution is -2.46. The van der Waals surface area contributed by atoms with E-state index in [1.807, 2.05) is 0 Å². The van der Waals surface area contributed by atoms with Crippen molar-refractivity contribution in [3.8, 4) is 0 Å². The zero-order chi connectivity index (χ0) is 20.2. The number of sulfone groups is 1. The zero-order valence-corrected chi connectivity index (χ0v) is 15.7. The lowest BCUT2D eigenvalue weighted by molar-refractivity contribution is -0.130. The van der Waals surface area contributed by atoms with Crippen molar-refractivity contribution in [1.82, 2.24) is 20.5 Å². The molecule has 27 heavy (non-hydrogen) atoms. The smallest absolute Gasteiger partial charge is 0.258 e. The van der Waals surface area contributed by atoms with E-state index in [0.29, 0.717) is 5.82 Å². The second-order valence-corrected chi connectivity index (χ2v) is 7.97. The van der Waals surface area contributed by atoms with Gasteiger partial charge in [-0.2, -0.15) is 0 Å². The molecule has 0 aliphatic rings. The minimum Gasteiger partial charge on any atom is -0.379 e. The number of hydrogen-bond donors (Lipinski definition) is 3. The van der Waals surface area contributed by atoms with Gasteiger partial charge in [0, 0.05) is 12.6 Å². The maximum atomic E-state index is 12.5. The minimum absolute atomic E-state index is 0.0156. The molecule has 2 aromatic rings. The fraction of sp³-hybridized carbons (Fsp3) is 0.312. The van der Waals surface area contributed by atoms with Crippen LogP contribution in [0.25, 0.3) is 0 Å². The predicted molar refractivity (Wildman–Crippen MR) is 95.7 cm³/mol. The van der Waals surface area contributed by atoms with Gasteiger partial charge in [-0.1, -0.05) is 0 Å². The van der Waals surface area contributed by atoms with Crippen molar-refractivity contribution in [2.24, 2.45) is 0 Å². The Morgan fingerprint density at radius 2 is 1.81 bits per heavy atom. The lowest BCUT2D eigenvalue weighted by Gasteiger charge is -2.21. The molecule has 144 valence electrons. The zero-order valence-electron chi connectivity index (χ0n) is 14.9. The molecule has 1 aromatic heterocycles. The van der Waals surface area contributed by atoms with E-state index < -0.39 is 27.1 Å². The molecule has 1 aromatic carbocycles. The molecule has 0 aliphatic heterocycles. The van der Waals surface area contributed by atoms with Crippen molar-refractivity contribution in [1.29, 1.82) is 0 Å². The summed E-state index contributed by atoms with van der Waals surface area (Å²) < 4.78 is 25.0. The molecule has 0 bridgehead atoms. The van der Waals surface area contributed by atoms with Gasteiger partial charge >= 0.3 is 0 Å². The number of carbonyl (C=O) groups excluding carboxylic acids is 2. The summed E-state index contributed by atoms with van der Waals surface area (Å²) in [4.78, 5) is 27.5. The van der Waals surface area contributed by atoms with Crippen LogP contribution >= 0.6 is 0 Å². The minimum atomic E-state index is -4.01. The van der Waals surface area contributed by atoms with Crippen LogP contribution in [0.15, 0.2) is 35.4 Å². The molecule has 0 unspecified atom stereocenters. The number of anilines is 1. The number of aryl methyl sites for hydroxylation is 1. The van der Waals surface area contributed by atoms with E-state index in [4.69, 9.17) is 0 Å². The van der Waals surface area contributed by atoms with Crippen molar-refractivity contribution < 1.29 is 23.1 Å². The molecule has 0 saturated heterocycles. The summed E-state index contributed by atoms with van der Waals surface area (Å²) in [5, 5.41) is 22.4. The first-order chi connectivity index (χ1) is 12.5. The summed E-state index contributed by atoms with van der Waals surface area (Å²) in [7, 11) is -2.55. The summed E-state index contributed by atoms with van der Waals surface area (Å²) >= 11 is 0. The van der Waals surface area contributed by atoms with E-state index in [-0.39, 0.29) is 22.2 Å². The van der Waals surface area contributed by atoms with Crippen molar-refractivity contribution in [3.05, 3.63) is 41.9 Å². The van der Waals surface area contributed by atoms with Crippen LogP contribution in [0.2, 0.25) is 0 Å². The molecule has 2 rings (SSSR count). The van der Waals surface area contributed by atoms with Crippen molar-refractivity contribution in [2.75, 3.05) is 18.1 Å². The van der Waals surface area contributed by atoms with Crippen LogP contribution in [-0.4, -0.2) is 58.9 Å². The van der Waals surface area contributed by atoms with E-state index in [0.717, 1.165) is 6.92 Å². The highest BCUT2D eigenvalue weighted by atomic mass is 32.2. The van der Waals surface area contributed by atoms with E-state index in [1.165, 1.54) is 37.5 Å². The van der Waals surface area contributed by atoms with Crippen LogP contribution in [0.4, 0.5) is 5.82 Å². The maximum absolute atomic E-state index is 12.5. The van der Waals surface area contributed by atoms with E-state index in [9.17, 15) is 23.1 Å². The Kier molecular flexibility index (Phi) is 5.86. The van der Waals surface area contributed by atoms with Gasteiger partial charge < -0.3 is 15.7 Å². The maximum Gasteiger partial charge on any atom is 0.258 e. The first-order valence-corrected chi connectivity index (χ1v) is 9.45. The number of nitrogens with zero attached hydrogens (tertiary/aromatic N) is 3. The second kappa shape index (κ2) is 7.76. The standard InChI is InChI=1S/C16H19N5O5S/c1-10-18-8-13(21-20-10)19-15(23)16(2,24)9-27(25,26)12-6-4-11(5-7-12)14(22)17-3/h4-8,24H,9H2,1-3H3,(H,17,22)(H,19,21,23)/t16-/m0/s1. The molecule has 0 saturated carbocycles. The number of carbonyl (C=O) groups is 2. The highest BCUT2D eigenvalue weighted by Crippen LogP contribution is 2.19. The van der Waals surface area contributed by atoms with Crippen LogP contribution in [-0.2, 0) is 14.6 Å². The fourth-order valence-corrected chi connectivity index (χ4v) is 3.71. The van der Waals surface area contributed by atoms with Crippen LogP contribution < -0.4 is 10.6 Å². The summed E-state index contributed by atoms with van der Waals surface area (Å²) in [6, 6.07) is 5.16. The van der Waals surface area contributed by atoms with Gasteiger partial charge in [0.2, 0.25) is 0 Å². The normalized spacial score (nSPS) is 13.5. The highest BCUT2D eigenvalue weighted by molar-refractivity contribution is 7.91. The number of aliphatic hydroxyl groups is 1. The molecule has 11 heteroatoms. The number of nitrogens with one attached hydrogen (secondary N) is 2. The highest BCUT2D eigenvalue weighted by Gasteiger charge is 2.37. The Labute approximate surface area is 156 Å². The summed E-state index contributed by atoms with van der Waals surface area (Å²) in [5.74, 6) is -1.82. The van der Waals surface area contributed by atoms with Crippen molar-refractivity contribution >= 4 is 27.5 Å². The molecule has 1 heterocycles. The molecular formula is C16H19N5O5S. The molecule has 2 amide bonds. The van der Waals surface area contributed by atoms with Crippen LogP contribution in [0, 0.1) is 6.92 Å². The van der Waals surface area contributed by atoms with Crippen LogP contribution in [0.1, 0.15) is 23.1 Å². The number of amides is 2. The van der Waals surface area contributed by atoms with Gasteiger partial charge in [-0.3, -0.25) is 9.59 Å². The molecular weight excluding hydrogens is 374 g/mol. The Morgan fingerprint density at radius 3 is 2.33 bits per heavy atom. The van der Waals surface area contributed by atoms with Gasteiger partial charge in [0.1, 0.15) is 5.82 Å². The topological polar surface area (TPSA) is 151 Å². The second-order valence-electron chi connectivity index (χ2n) is 5.98. The van der Waals surface area contributed by atoms with Gasteiger partial charge in [0.05, 0.1) is 16.8 Å². The molecule has 3 N–H and O–H groups in total. The largest absolute Gasteiger partial charge is 0.379 e. The Morgan fingerprint density at radius 1 is 1.19 bits per heavy atom. The summed E-state index contributed by atoms with van der Waals surface area (Å²) in [6.45, 7) is 2.69. The number of aromatic nitrogens is 3. The van der Waals surface area contributed by atoms with Gasteiger partial charge in [-0.25, -0.2) is 13.4 Å². The van der Waals surface area contributed by atoms with Crippen molar-refractivity contribution in [3.63, 3.8) is 0 Å². The Balaban J connectivity index is 2.15. The Hall–Kier alpha value is -2.92. The predicted octanol–water partition coefficient (Wildman–Crippen LogP) is -0.297. The van der Waals surface area contributed by atoms with Crippen LogP contribution in [0.5, 0.6) is 0 Å². The SMILES string of the molecule is CNC(=O)c1ccc(S(=O)(=O)C[C@](C)(O)C(=O)Nc2cnc(C)nn2)cc1. The molecule has 0 aliphatic carbocycles. The molecule has 0 radical (unpaired) electrons. The third-order valence-corrected chi connectivity index (χ3v) is 5.51. The lowest BCUT2D eigenvalue weighted by atomic mass is 10.1. The first kappa shape index (κ1) is 20.4. The Bertz CT molecular complexity index is 940.